The number of tetrazole rings is 1. The summed E-state index contributed by atoms with van der Waals surface area (Å²) in [6.45, 7) is 1.67. The Balaban J connectivity index is 1.76. The van der Waals surface area contributed by atoms with Gasteiger partial charge in [-0.25, -0.2) is 0 Å². The maximum absolute atomic E-state index is 12.4. The van der Waals surface area contributed by atoms with E-state index >= 15 is 0 Å². The van der Waals surface area contributed by atoms with Crippen molar-refractivity contribution in [2.45, 2.75) is 13.0 Å². The Bertz CT molecular complexity index is 913. The standard InChI is InChI=1S/C16H12BrCl2N5O/c1-9(16(25)20-13-4-2-3-12(18)14(13)19)24-22-15(21-23-24)10-5-7-11(17)8-6-10/h2-9H,1H3,(H,20,25). The molecular weight excluding hydrogens is 429 g/mol. The summed E-state index contributed by atoms with van der Waals surface area (Å²) in [7, 11) is 0. The summed E-state index contributed by atoms with van der Waals surface area (Å²) < 4.78 is 0.954. The van der Waals surface area contributed by atoms with Crippen molar-refractivity contribution >= 4 is 50.7 Å². The molecule has 0 fully saturated rings. The minimum absolute atomic E-state index is 0.284. The number of anilines is 1. The fraction of sp³-hybridized carbons (Fsp3) is 0.125. The van der Waals surface area contributed by atoms with Crippen LogP contribution in [0.3, 0.4) is 0 Å². The monoisotopic (exact) mass is 439 g/mol. The highest BCUT2D eigenvalue weighted by Crippen LogP contribution is 2.30. The Morgan fingerprint density at radius 3 is 2.64 bits per heavy atom. The van der Waals surface area contributed by atoms with E-state index in [0.717, 1.165) is 10.0 Å². The number of nitrogens with one attached hydrogen (secondary N) is 1. The maximum Gasteiger partial charge on any atom is 0.250 e. The van der Waals surface area contributed by atoms with Crippen molar-refractivity contribution in [3.8, 4) is 11.4 Å². The van der Waals surface area contributed by atoms with Crippen LogP contribution in [0.2, 0.25) is 10.0 Å². The first-order valence-electron chi connectivity index (χ1n) is 7.26. The maximum atomic E-state index is 12.4. The van der Waals surface area contributed by atoms with Crippen LogP contribution in [0.1, 0.15) is 13.0 Å². The van der Waals surface area contributed by atoms with E-state index in [0.29, 0.717) is 16.5 Å². The highest BCUT2D eigenvalue weighted by atomic mass is 79.9. The number of rotatable bonds is 4. The number of amides is 1. The molecule has 0 aliphatic rings. The molecule has 1 aromatic heterocycles. The van der Waals surface area contributed by atoms with Gasteiger partial charge in [-0.15, -0.1) is 10.2 Å². The van der Waals surface area contributed by atoms with Gasteiger partial charge in [-0.05, 0) is 48.5 Å². The fourth-order valence-corrected chi connectivity index (χ4v) is 2.66. The number of benzene rings is 2. The number of aromatic nitrogens is 4. The van der Waals surface area contributed by atoms with Crippen molar-refractivity contribution in [2.75, 3.05) is 5.32 Å². The van der Waals surface area contributed by atoms with Crippen LogP contribution in [0.4, 0.5) is 5.69 Å². The quantitative estimate of drug-likeness (QED) is 0.642. The molecule has 0 saturated heterocycles. The van der Waals surface area contributed by atoms with Crippen LogP contribution < -0.4 is 5.32 Å². The first kappa shape index (κ1) is 17.8. The molecule has 0 aliphatic carbocycles. The lowest BCUT2D eigenvalue weighted by molar-refractivity contribution is -0.119. The van der Waals surface area contributed by atoms with Crippen LogP contribution in [-0.4, -0.2) is 26.1 Å². The smallest absolute Gasteiger partial charge is 0.250 e. The van der Waals surface area contributed by atoms with Crippen LogP contribution in [0, 0.1) is 0 Å². The number of halogens is 3. The molecular formula is C16H12BrCl2N5O. The van der Waals surface area contributed by atoms with Gasteiger partial charge < -0.3 is 5.32 Å². The van der Waals surface area contributed by atoms with Crippen molar-refractivity contribution in [3.63, 3.8) is 0 Å². The van der Waals surface area contributed by atoms with Gasteiger partial charge in [-0.2, -0.15) is 4.80 Å². The van der Waals surface area contributed by atoms with Gasteiger partial charge in [0, 0.05) is 10.0 Å². The Morgan fingerprint density at radius 2 is 1.92 bits per heavy atom. The van der Waals surface area contributed by atoms with E-state index in [2.05, 4.69) is 36.7 Å². The molecule has 1 amide bonds. The average Bonchev–Trinajstić information content (AvgIpc) is 3.09. The summed E-state index contributed by atoms with van der Waals surface area (Å²) in [4.78, 5) is 13.7. The predicted molar refractivity (Wildman–Crippen MR) is 101 cm³/mol. The van der Waals surface area contributed by atoms with E-state index in [1.807, 2.05) is 24.3 Å². The van der Waals surface area contributed by atoms with Gasteiger partial charge in [-0.3, -0.25) is 4.79 Å². The van der Waals surface area contributed by atoms with Crippen LogP contribution in [0.5, 0.6) is 0 Å². The van der Waals surface area contributed by atoms with Crippen molar-refractivity contribution in [1.82, 2.24) is 20.2 Å². The Kier molecular flexibility index (Phi) is 5.36. The lowest BCUT2D eigenvalue weighted by Crippen LogP contribution is -2.25. The average molecular weight is 441 g/mol. The first-order chi connectivity index (χ1) is 12.0. The molecule has 0 spiro atoms. The normalized spacial score (nSPS) is 12.0. The van der Waals surface area contributed by atoms with Gasteiger partial charge >= 0.3 is 0 Å². The molecule has 3 aromatic rings. The topological polar surface area (TPSA) is 72.7 Å². The molecule has 1 atom stereocenters. The molecule has 25 heavy (non-hydrogen) atoms. The second kappa shape index (κ2) is 7.51. The minimum atomic E-state index is -0.674. The molecule has 0 saturated carbocycles. The highest BCUT2D eigenvalue weighted by Gasteiger charge is 2.20. The Morgan fingerprint density at radius 1 is 1.20 bits per heavy atom. The van der Waals surface area contributed by atoms with E-state index in [1.165, 1.54) is 4.80 Å². The summed E-state index contributed by atoms with van der Waals surface area (Å²) in [6.07, 6.45) is 0. The molecule has 0 bridgehead atoms. The van der Waals surface area contributed by atoms with E-state index in [4.69, 9.17) is 23.2 Å². The number of hydrogen-bond acceptors (Lipinski definition) is 4. The number of hydrogen-bond donors (Lipinski definition) is 1. The molecule has 0 aliphatic heterocycles. The van der Waals surface area contributed by atoms with Gasteiger partial charge in [0.2, 0.25) is 5.82 Å². The van der Waals surface area contributed by atoms with Crippen molar-refractivity contribution in [1.29, 1.82) is 0 Å². The molecule has 1 heterocycles. The molecule has 1 unspecified atom stereocenters. The highest BCUT2D eigenvalue weighted by molar-refractivity contribution is 9.10. The van der Waals surface area contributed by atoms with E-state index < -0.39 is 6.04 Å². The molecule has 128 valence electrons. The lowest BCUT2D eigenvalue weighted by atomic mass is 10.2. The third-order valence-electron chi connectivity index (χ3n) is 3.47. The van der Waals surface area contributed by atoms with Gasteiger partial charge in [0.1, 0.15) is 6.04 Å². The summed E-state index contributed by atoms with van der Waals surface area (Å²) >= 11 is 15.4. The summed E-state index contributed by atoms with van der Waals surface area (Å²) in [5.74, 6) is 0.108. The number of carbonyl (C=O) groups is 1. The van der Waals surface area contributed by atoms with E-state index in [-0.39, 0.29) is 10.9 Å². The second-order valence-corrected chi connectivity index (χ2v) is 6.91. The van der Waals surface area contributed by atoms with Crippen molar-refractivity contribution < 1.29 is 4.79 Å². The molecule has 9 heteroatoms. The summed E-state index contributed by atoms with van der Waals surface area (Å²) in [5, 5.41) is 15.6. The van der Waals surface area contributed by atoms with Crippen LogP contribution in [0.25, 0.3) is 11.4 Å². The first-order valence-corrected chi connectivity index (χ1v) is 8.81. The van der Waals surface area contributed by atoms with Crippen LogP contribution >= 0.6 is 39.1 Å². The summed E-state index contributed by atoms with van der Waals surface area (Å²) in [5.41, 5.74) is 1.24. The third-order valence-corrected chi connectivity index (χ3v) is 4.81. The molecule has 1 N–H and O–H groups in total. The van der Waals surface area contributed by atoms with Gasteiger partial charge in [0.05, 0.1) is 15.7 Å². The summed E-state index contributed by atoms with van der Waals surface area (Å²) in [6, 6.07) is 11.8. The Hall–Kier alpha value is -1.96. The fourth-order valence-electron chi connectivity index (χ4n) is 2.05. The van der Waals surface area contributed by atoms with Crippen molar-refractivity contribution in [3.05, 3.63) is 57.0 Å². The third kappa shape index (κ3) is 4.00. The van der Waals surface area contributed by atoms with Gasteiger partial charge in [-0.1, -0.05) is 45.2 Å². The van der Waals surface area contributed by atoms with Gasteiger partial charge in [0.15, 0.2) is 0 Å². The van der Waals surface area contributed by atoms with Crippen molar-refractivity contribution in [2.24, 2.45) is 0 Å². The minimum Gasteiger partial charge on any atom is -0.323 e. The zero-order valence-electron chi connectivity index (χ0n) is 12.9. The number of carbonyl (C=O) groups excluding carboxylic acids is 1. The zero-order valence-corrected chi connectivity index (χ0v) is 16.0. The molecule has 3 rings (SSSR count). The van der Waals surface area contributed by atoms with Gasteiger partial charge in [0.25, 0.3) is 5.91 Å². The molecule has 0 radical (unpaired) electrons. The van der Waals surface area contributed by atoms with E-state index in [9.17, 15) is 4.79 Å². The van der Waals surface area contributed by atoms with E-state index in [1.54, 1.807) is 25.1 Å². The molecule has 6 nitrogen and oxygen atoms in total. The SMILES string of the molecule is CC(C(=O)Nc1cccc(Cl)c1Cl)n1nnc(-c2ccc(Br)cc2)n1. The lowest BCUT2D eigenvalue weighted by Gasteiger charge is -2.12. The second-order valence-electron chi connectivity index (χ2n) is 5.21. The predicted octanol–water partition coefficient (Wildman–Crippen LogP) is 4.61. The Labute approximate surface area is 162 Å². The number of nitrogens with zero attached hydrogens (tertiary/aromatic N) is 4. The molecule has 2 aromatic carbocycles. The van der Waals surface area contributed by atoms with Crippen LogP contribution in [-0.2, 0) is 4.79 Å². The zero-order chi connectivity index (χ0) is 18.0. The van der Waals surface area contributed by atoms with Crippen LogP contribution in [0.15, 0.2) is 46.9 Å². The largest absolute Gasteiger partial charge is 0.323 e.